The Morgan fingerprint density at radius 3 is 2.44 bits per heavy atom. The quantitative estimate of drug-likeness (QED) is 0.155. The second kappa shape index (κ2) is 11.4. The maximum absolute atomic E-state index is 15.6. The van der Waals surface area contributed by atoms with Crippen molar-refractivity contribution in [3.63, 3.8) is 0 Å². The first kappa shape index (κ1) is 32.0. The van der Waals surface area contributed by atoms with Crippen molar-refractivity contribution in [1.29, 1.82) is 0 Å². The number of Topliss-reactive ketones (excluding diaryl/α,β-unsaturated/α-hetero) is 3. The lowest BCUT2D eigenvalue weighted by atomic mass is 9.49. The number of ketones is 3. The van der Waals surface area contributed by atoms with Crippen LogP contribution in [0.5, 0.6) is 5.75 Å². The number of fused-ring (bicyclic) bond motifs is 4. The Labute approximate surface area is 262 Å². The van der Waals surface area contributed by atoms with Crippen LogP contribution in [0, 0.1) is 29.5 Å². The molecule has 45 heavy (non-hydrogen) atoms. The molecule has 1 heterocycles. The summed E-state index contributed by atoms with van der Waals surface area (Å²) in [5.74, 6) is -6.12. The summed E-state index contributed by atoms with van der Waals surface area (Å²) in [6.07, 6.45) is 4.48. The van der Waals surface area contributed by atoms with E-state index in [1.165, 1.54) is 12.8 Å². The van der Waals surface area contributed by atoms with Crippen LogP contribution in [0.4, 0.5) is 10.1 Å². The van der Waals surface area contributed by atoms with Crippen molar-refractivity contribution in [2.75, 3.05) is 32.5 Å². The maximum atomic E-state index is 15.6. The number of amides is 1. The smallest absolute Gasteiger partial charge is 0.238 e. The Morgan fingerprint density at radius 1 is 1.16 bits per heavy atom. The number of allylic oxidation sites excluding steroid dienone is 1. The standard InChI is InChI=1S/C34H44FN3O7/c1-6-23-34(45-23)27(16(2)3)31(42)28(38(4)5)20-12-18-11-19-21(35)13-22(37-24(39)15-36-14-17-9-7-8-10-17)29(40)26(19)30(41)25(18)32(43)33(20,34)44/h13,17-18,20,23,25,28,36,40,44H,6-12,14-15H2,1-5H3,(H,37,39). The van der Waals surface area contributed by atoms with Crippen molar-refractivity contribution in [3.05, 3.63) is 34.2 Å². The van der Waals surface area contributed by atoms with Crippen LogP contribution < -0.4 is 10.6 Å². The molecule has 1 spiro atoms. The van der Waals surface area contributed by atoms with Crippen LogP contribution in [-0.4, -0.2) is 88.9 Å². The Bertz CT molecular complexity index is 1500. The van der Waals surface area contributed by atoms with Gasteiger partial charge in [0.25, 0.3) is 0 Å². The molecule has 0 aromatic heterocycles. The Kier molecular flexibility index (Phi) is 8.07. The largest absolute Gasteiger partial charge is 0.505 e. The van der Waals surface area contributed by atoms with E-state index in [9.17, 15) is 29.4 Å². The third-order valence-electron chi connectivity index (χ3n) is 11.0. The van der Waals surface area contributed by atoms with E-state index in [2.05, 4.69) is 10.6 Å². The Hall–Kier alpha value is -2.99. The highest BCUT2D eigenvalue weighted by Gasteiger charge is 2.82. The highest BCUT2D eigenvalue weighted by Crippen LogP contribution is 2.64. The third kappa shape index (κ3) is 4.64. The average molecular weight is 626 g/mol. The van der Waals surface area contributed by atoms with Crippen LogP contribution in [0.3, 0.4) is 0 Å². The average Bonchev–Trinajstić information content (AvgIpc) is 3.45. The highest BCUT2D eigenvalue weighted by atomic mass is 19.1. The molecule has 1 saturated heterocycles. The van der Waals surface area contributed by atoms with Gasteiger partial charge in [0.15, 0.2) is 28.6 Å². The lowest BCUT2D eigenvalue weighted by molar-refractivity contribution is -0.178. The molecule has 10 nitrogen and oxygen atoms in total. The molecule has 4 aliphatic carbocycles. The number of hydrogen-bond acceptors (Lipinski definition) is 9. The summed E-state index contributed by atoms with van der Waals surface area (Å²) in [4.78, 5) is 57.2. The summed E-state index contributed by atoms with van der Waals surface area (Å²) in [7, 11) is 3.43. The van der Waals surface area contributed by atoms with E-state index in [-0.39, 0.29) is 47.6 Å². The van der Waals surface area contributed by atoms with E-state index in [0.29, 0.717) is 24.5 Å². The number of aliphatic hydroxyl groups is 1. The minimum absolute atomic E-state index is 0.0355. The number of phenolic OH excluding ortho intramolecular Hbond substituents is 1. The number of ether oxygens (including phenoxy) is 1. The van der Waals surface area contributed by atoms with Gasteiger partial charge in [-0.1, -0.05) is 25.3 Å². The van der Waals surface area contributed by atoms with Crippen LogP contribution in [-0.2, 0) is 25.5 Å². The number of nitrogens with zero attached hydrogens (tertiary/aromatic N) is 1. The van der Waals surface area contributed by atoms with E-state index < -0.39 is 70.1 Å². The number of phenols is 1. The number of hydrogen-bond donors (Lipinski definition) is 4. The van der Waals surface area contributed by atoms with Gasteiger partial charge in [-0.05, 0) is 78.4 Å². The number of likely N-dealkylation sites (N-methyl/N-ethyl adjacent to an activating group) is 1. The molecular formula is C34H44FN3O7. The molecule has 1 amide bonds. The summed E-state index contributed by atoms with van der Waals surface area (Å²) < 4.78 is 21.8. The first-order chi connectivity index (χ1) is 21.3. The van der Waals surface area contributed by atoms with Crippen molar-refractivity contribution in [3.8, 4) is 5.75 Å². The molecule has 0 bridgehead atoms. The fraction of sp³-hybridized carbons (Fsp3) is 0.647. The fourth-order valence-corrected chi connectivity index (χ4v) is 9.11. The molecule has 4 fully saturated rings. The Morgan fingerprint density at radius 2 is 1.84 bits per heavy atom. The van der Waals surface area contributed by atoms with Crippen molar-refractivity contribution >= 4 is 28.9 Å². The summed E-state index contributed by atoms with van der Waals surface area (Å²) in [6.45, 7) is 5.99. The third-order valence-corrected chi connectivity index (χ3v) is 11.0. The van der Waals surface area contributed by atoms with Gasteiger partial charge in [0.1, 0.15) is 11.6 Å². The molecule has 11 heteroatoms. The first-order valence-electron chi connectivity index (χ1n) is 16.2. The van der Waals surface area contributed by atoms with E-state index >= 15 is 4.39 Å². The van der Waals surface area contributed by atoms with Gasteiger partial charge in [0, 0.05) is 23.1 Å². The molecule has 6 rings (SSSR count). The van der Waals surface area contributed by atoms with Crippen LogP contribution in [0.25, 0.3) is 0 Å². The van der Waals surface area contributed by atoms with Crippen molar-refractivity contribution < 1.29 is 38.5 Å². The normalized spacial score (nSPS) is 34.2. The number of benzene rings is 1. The van der Waals surface area contributed by atoms with Gasteiger partial charge < -0.3 is 25.6 Å². The van der Waals surface area contributed by atoms with Gasteiger partial charge in [-0.15, -0.1) is 0 Å². The first-order valence-corrected chi connectivity index (χ1v) is 16.2. The zero-order valence-electron chi connectivity index (χ0n) is 26.7. The lowest BCUT2D eigenvalue weighted by Crippen LogP contribution is -2.74. The monoisotopic (exact) mass is 625 g/mol. The zero-order valence-corrected chi connectivity index (χ0v) is 26.7. The molecule has 5 aliphatic rings. The number of anilines is 1. The molecule has 7 atom stereocenters. The summed E-state index contributed by atoms with van der Waals surface area (Å²) in [5, 5.41) is 29.5. The van der Waals surface area contributed by atoms with Gasteiger partial charge in [-0.3, -0.25) is 24.1 Å². The summed E-state index contributed by atoms with van der Waals surface area (Å²) >= 11 is 0. The number of rotatable bonds is 7. The number of carbonyl (C=O) groups excluding carboxylic acids is 4. The van der Waals surface area contributed by atoms with Gasteiger partial charge in [-0.25, -0.2) is 4.39 Å². The number of nitrogens with one attached hydrogen (secondary N) is 2. The zero-order chi connectivity index (χ0) is 32.6. The van der Waals surface area contributed by atoms with E-state index in [1.54, 1.807) is 32.8 Å². The second-order valence-electron chi connectivity index (χ2n) is 14.1. The second-order valence-corrected chi connectivity index (χ2v) is 14.1. The molecule has 3 saturated carbocycles. The van der Waals surface area contributed by atoms with Crippen LogP contribution in [0.1, 0.15) is 75.2 Å². The van der Waals surface area contributed by atoms with E-state index in [0.717, 1.165) is 18.9 Å². The lowest BCUT2D eigenvalue weighted by Gasteiger charge is -2.55. The van der Waals surface area contributed by atoms with Crippen LogP contribution in [0.2, 0.25) is 0 Å². The molecule has 244 valence electrons. The predicted molar refractivity (Wildman–Crippen MR) is 163 cm³/mol. The van der Waals surface area contributed by atoms with Gasteiger partial charge in [-0.2, -0.15) is 0 Å². The van der Waals surface area contributed by atoms with E-state index in [4.69, 9.17) is 4.74 Å². The predicted octanol–water partition coefficient (Wildman–Crippen LogP) is 2.94. The molecule has 1 aromatic rings. The molecule has 1 aliphatic heterocycles. The number of aromatic hydroxyl groups is 1. The summed E-state index contributed by atoms with van der Waals surface area (Å²) in [5.41, 5.74) is -3.51. The van der Waals surface area contributed by atoms with Gasteiger partial charge in [0.05, 0.1) is 35.9 Å². The van der Waals surface area contributed by atoms with Crippen LogP contribution in [0.15, 0.2) is 17.2 Å². The van der Waals surface area contributed by atoms with Crippen molar-refractivity contribution in [2.45, 2.75) is 89.1 Å². The van der Waals surface area contributed by atoms with Gasteiger partial charge in [0.2, 0.25) is 5.91 Å². The topological polar surface area (TPSA) is 149 Å². The maximum Gasteiger partial charge on any atom is 0.238 e. The van der Waals surface area contributed by atoms with Gasteiger partial charge >= 0.3 is 0 Å². The molecule has 0 radical (unpaired) electrons. The molecule has 1 aromatic carbocycles. The molecule has 4 N–H and O–H groups in total. The molecule has 7 unspecified atom stereocenters. The number of halogens is 1. The number of carbonyl (C=O) groups is 4. The van der Waals surface area contributed by atoms with Crippen LogP contribution >= 0.6 is 0 Å². The molecular weight excluding hydrogens is 581 g/mol. The van der Waals surface area contributed by atoms with Crippen molar-refractivity contribution in [1.82, 2.24) is 10.2 Å². The van der Waals surface area contributed by atoms with E-state index in [1.807, 2.05) is 6.92 Å². The SMILES string of the molecule is CCC1OC12C(=C(C)C)C(=O)C(N(C)C)C1CC3Cc4c(F)cc(NC(=O)CNCC5CCCC5)c(O)c4C(=O)C3C(=O)C12O. The fourth-order valence-electron chi connectivity index (χ4n) is 9.11. The minimum Gasteiger partial charge on any atom is -0.505 e. The highest BCUT2D eigenvalue weighted by molar-refractivity contribution is 6.19. The number of epoxide rings is 1. The van der Waals surface area contributed by atoms with Crippen molar-refractivity contribution in [2.24, 2.45) is 23.7 Å². The summed E-state index contributed by atoms with van der Waals surface area (Å²) in [6, 6.07) is 0.149. The minimum atomic E-state index is -2.19. The Balaban J connectivity index is 1.35.